The number of nitrogens with two attached hydrogens (primary N) is 2. The van der Waals surface area contributed by atoms with Crippen LogP contribution in [-0.2, 0) is 16.1 Å². The van der Waals surface area contributed by atoms with Crippen LogP contribution in [0, 0.1) is 19.3 Å². The summed E-state index contributed by atoms with van der Waals surface area (Å²) in [4.78, 5) is 26.6. The molecule has 4 rings (SSSR count). The average Bonchev–Trinajstić information content (AvgIpc) is 3.19. The molecule has 3 atom stereocenters. The number of ether oxygens (including phenoxy) is 1. The summed E-state index contributed by atoms with van der Waals surface area (Å²) in [5, 5.41) is 13.8. The van der Waals surface area contributed by atoms with Crippen molar-refractivity contribution in [3.63, 3.8) is 0 Å². The lowest BCUT2D eigenvalue weighted by Gasteiger charge is -2.36. The van der Waals surface area contributed by atoms with E-state index in [1.54, 1.807) is 17.0 Å². The Kier molecular flexibility index (Phi) is 10.7. The zero-order valence-electron chi connectivity index (χ0n) is 27.4. The highest BCUT2D eigenvalue weighted by molar-refractivity contribution is 7.97. The summed E-state index contributed by atoms with van der Waals surface area (Å²) >= 11 is 1.70. The maximum Gasteiger partial charge on any atom is 0.325 e. The van der Waals surface area contributed by atoms with Crippen molar-refractivity contribution in [2.75, 3.05) is 23.8 Å². The fourth-order valence-electron chi connectivity index (χ4n) is 5.81. The van der Waals surface area contributed by atoms with E-state index in [-0.39, 0.29) is 12.0 Å². The second-order valence-corrected chi connectivity index (χ2v) is 13.5. The van der Waals surface area contributed by atoms with Gasteiger partial charge in [-0.05, 0) is 92.1 Å². The second-order valence-electron chi connectivity index (χ2n) is 12.4. The van der Waals surface area contributed by atoms with E-state index in [2.05, 4.69) is 47.7 Å². The number of nitrogens with one attached hydrogen (secondary N) is 1. The molecule has 0 spiro atoms. The molecule has 3 aromatic rings. The molecule has 0 aromatic heterocycles. The van der Waals surface area contributed by atoms with Crippen LogP contribution in [0.25, 0.3) is 0 Å². The zero-order chi connectivity index (χ0) is 33.1. The van der Waals surface area contributed by atoms with Crippen LogP contribution in [-0.4, -0.2) is 46.5 Å². The first-order valence-electron chi connectivity index (χ1n) is 15.5. The highest BCUT2D eigenvalue weighted by Crippen LogP contribution is 2.46. The minimum absolute atomic E-state index is 0.0608. The van der Waals surface area contributed by atoms with Crippen molar-refractivity contribution in [1.29, 1.82) is 0 Å². The standard InChI is InChI=1S/C35H47N5O4S/c1-8-26-20-39(45-30-13-11-10-12-29(30)44-26)19-25-18-24(15-14-21(25)3)31(35(6,7)34(43)38-23(5)33(41)42)27-16-17-28(40(37)9-2)32(36)22(27)4/h10-18,23,26,31H,8-9,19-20,36-37H2,1-7H3,(H,38,43)(H,41,42)/t23?,26-,31?/m1/s1. The first-order chi connectivity index (χ1) is 21.3. The zero-order valence-corrected chi connectivity index (χ0v) is 28.2. The SMILES string of the molecule is CC[C@@H]1CN(Cc2cc(C(c3ccc(N(N)CC)c(N)c3C)C(C)(C)C(=O)NC(C)C(=O)O)ccc2C)Sc2ccccc2O1. The Labute approximate surface area is 271 Å². The van der Waals surface area contributed by atoms with E-state index in [0.29, 0.717) is 18.8 Å². The van der Waals surface area contributed by atoms with Gasteiger partial charge in [0.05, 0.1) is 21.7 Å². The van der Waals surface area contributed by atoms with Gasteiger partial charge < -0.3 is 25.9 Å². The minimum Gasteiger partial charge on any atom is -0.488 e. The number of carboxylic acid groups (broad SMARTS) is 1. The van der Waals surface area contributed by atoms with Crippen molar-refractivity contribution >= 4 is 35.2 Å². The highest BCUT2D eigenvalue weighted by Gasteiger charge is 2.41. The number of rotatable bonds is 11. The Balaban J connectivity index is 1.80. The van der Waals surface area contributed by atoms with Crippen LogP contribution in [0.4, 0.5) is 11.4 Å². The van der Waals surface area contributed by atoms with E-state index in [0.717, 1.165) is 57.1 Å². The number of hydrazine groups is 1. The molecule has 242 valence electrons. The van der Waals surface area contributed by atoms with Gasteiger partial charge in [0.1, 0.15) is 17.9 Å². The molecular weight excluding hydrogens is 586 g/mol. The first kappa shape index (κ1) is 34.1. The van der Waals surface area contributed by atoms with E-state index in [4.69, 9.17) is 16.3 Å². The number of aliphatic carboxylic acids is 1. The summed E-state index contributed by atoms with van der Waals surface area (Å²) in [6.07, 6.45) is 0.949. The molecule has 1 aliphatic heterocycles. The summed E-state index contributed by atoms with van der Waals surface area (Å²) in [6.45, 7) is 15.3. The summed E-state index contributed by atoms with van der Waals surface area (Å²) in [5.41, 5.74) is 11.8. The highest BCUT2D eigenvalue weighted by atomic mass is 32.2. The Hall–Kier alpha value is -3.73. The molecule has 0 bridgehead atoms. The Bertz CT molecular complexity index is 1540. The Morgan fingerprint density at radius 3 is 2.53 bits per heavy atom. The van der Waals surface area contributed by atoms with Crippen molar-refractivity contribution in [3.8, 4) is 5.75 Å². The lowest BCUT2D eigenvalue weighted by molar-refractivity contribution is -0.143. The number of para-hydroxylation sites is 1. The number of nitrogen functional groups attached to an aromatic ring is 1. The topological polar surface area (TPSA) is 134 Å². The molecule has 0 saturated heterocycles. The smallest absolute Gasteiger partial charge is 0.325 e. The number of hydrogen-bond acceptors (Lipinski definition) is 8. The third kappa shape index (κ3) is 7.40. The normalized spacial score (nSPS) is 16.6. The number of hydrogen-bond donors (Lipinski definition) is 4. The van der Waals surface area contributed by atoms with Gasteiger partial charge in [0.2, 0.25) is 5.91 Å². The van der Waals surface area contributed by atoms with Crippen molar-refractivity contribution < 1.29 is 19.4 Å². The lowest BCUT2D eigenvalue weighted by Crippen LogP contribution is -2.47. The molecule has 0 saturated carbocycles. The number of aryl methyl sites for hydroxylation is 1. The van der Waals surface area contributed by atoms with E-state index in [9.17, 15) is 14.7 Å². The molecule has 9 nitrogen and oxygen atoms in total. The quantitative estimate of drug-likeness (QED) is 0.0866. The lowest BCUT2D eigenvalue weighted by atomic mass is 9.69. The fourth-order valence-corrected chi connectivity index (χ4v) is 6.88. The summed E-state index contributed by atoms with van der Waals surface area (Å²) in [6, 6.07) is 17.3. The van der Waals surface area contributed by atoms with Crippen molar-refractivity contribution in [2.45, 2.75) is 84.4 Å². The van der Waals surface area contributed by atoms with Crippen LogP contribution in [0.5, 0.6) is 5.75 Å². The number of carbonyl (C=O) groups is 2. The molecule has 6 N–H and O–H groups in total. The third-order valence-corrected chi connectivity index (χ3v) is 9.88. The van der Waals surface area contributed by atoms with Crippen LogP contribution in [0.15, 0.2) is 59.5 Å². The van der Waals surface area contributed by atoms with Gasteiger partial charge in [-0.2, -0.15) is 0 Å². The largest absolute Gasteiger partial charge is 0.488 e. The maximum absolute atomic E-state index is 13.8. The van der Waals surface area contributed by atoms with Crippen LogP contribution in [0.2, 0.25) is 0 Å². The molecule has 1 amide bonds. The van der Waals surface area contributed by atoms with Crippen LogP contribution >= 0.6 is 11.9 Å². The fraction of sp³-hybridized carbons (Fsp3) is 0.429. The molecule has 3 aromatic carbocycles. The van der Waals surface area contributed by atoms with Gasteiger partial charge in [-0.15, -0.1) is 0 Å². The van der Waals surface area contributed by atoms with Gasteiger partial charge in [0.25, 0.3) is 0 Å². The van der Waals surface area contributed by atoms with Gasteiger partial charge in [-0.1, -0.05) is 57.2 Å². The first-order valence-corrected chi connectivity index (χ1v) is 16.3. The van der Waals surface area contributed by atoms with Crippen molar-refractivity contribution in [1.82, 2.24) is 9.62 Å². The summed E-state index contributed by atoms with van der Waals surface area (Å²) in [7, 11) is 0. The third-order valence-electron chi connectivity index (χ3n) is 8.81. The molecule has 2 unspecified atom stereocenters. The maximum atomic E-state index is 13.8. The number of nitrogens with zero attached hydrogens (tertiary/aromatic N) is 2. The molecule has 0 fully saturated rings. The molecule has 0 aliphatic carbocycles. The predicted molar refractivity (Wildman–Crippen MR) is 182 cm³/mol. The predicted octanol–water partition coefficient (Wildman–Crippen LogP) is 6.01. The molecule has 1 heterocycles. The molecule has 1 aliphatic rings. The summed E-state index contributed by atoms with van der Waals surface area (Å²) < 4.78 is 8.67. The molecule has 45 heavy (non-hydrogen) atoms. The number of carboxylic acids is 1. The van der Waals surface area contributed by atoms with Gasteiger partial charge >= 0.3 is 5.97 Å². The second kappa shape index (κ2) is 14.1. The van der Waals surface area contributed by atoms with Crippen molar-refractivity contribution in [3.05, 3.63) is 82.4 Å². The van der Waals surface area contributed by atoms with Crippen LogP contribution in [0.1, 0.15) is 74.8 Å². The number of fused-ring (bicyclic) bond motifs is 1. The van der Waals surface area contributed by atoms with Crippen molar-refractivity contribution in [2.24, 2.45) is 11.3 Å². The molecule has 0 radical (unpaired) electrons. The van der Waals surface area contributed by atoms with Gasteiger partial charge in [-0.25, -0.2) is 10.1 Å². The molecule has 10 heteroatoms. The van der Waals surface area contributed by atoms with Gasteiger partial charge in [-0.3, -0.25) is 9.59 Å². The monoisotopic (exact) mass is 633 g/mol. The van der Waals surface area contributed by atoms with E-state index < -0.39 is 23.3 Å². The minimum atomic E-state index is -1.09. The number of benzene rings is 3. The van der Waals surface area contributed by atoms with Crippen LogP contribution < -0.4 is 26.6 Å². The van der Waals surface area contributed by atoms with E-state index in [1.807, 2.05) is 58.0 Å². The summed E-state index contributed by atoms with van der Waals surface area (Å²) in [5.74, 6) is 5.24. The number of carbonyl (C=O) groups excluding carboxylic acids is 1. The van der Waals surface area contributed by atoms with Crippen LogP contribution in [0.3, 0.4) is 0 Å². The average molecular weight is 634 g/mol. The number of anilines is 2. The Morgan fingerprint density at radius 2 is 1.87 bits per heavy atom. The van der Waals surface area contributed by atoms with E-state index in [1.165, 1.54) is 6.92 Å². The van der Waals surface area contributed by atoms with E-state index >= 15 is 0 Å². The Morgan fingerprint density at radius 1 is 1.16 bits per heavy atom. The van der Waals surface area contributed by atoms with Gasteiger partial charge in [0.15, 0.2) is 0 Å². The van der Waals surface area contributed by atoms with Gasteiger partial charge in [0, 0.05) is 25.6 Å². The number of amides is 1. The molecular formula is C35H47N5O4S.